The van der Waals surface area contributed by atoms with Gasteiger partial charge in [-0.25, -0.2) is 8.42 Å². The van der Waals surface area contributed by atoms with E-state index in [1.54, 1.807) is 35.2 Å². The lowest BCUT2D eigenvalue weighted by Crippen LogP contribution is -2.14. The second kappa shape index (κ2) is 5.00. The minimum Gasteiger partial charge on any atom is -0.374 e. The molecule has 19 heavy (non-hydrogen) atoms. The first-order valence-electron chi connectivity index (χ1n) is 5.79. The van der Waals surface area contributed by atoms with Crippen molar-refractivity contribution in [2.24, 2.45) is 7.05 Å². The van der Waals surface area contributed by atoms with Crippen LogP contribution in [0.1, 0.15) is 18.8 Å². The Morgan fingerprint density at radius 3 is 2.58 bits per heavy atom. The number of sulfone groups is 1. The Morgan fingerprint density at radius 1 is 1.32 bits per heavy atom. The molecular formula is C12H16N4O2S. The maximum atomic E-state index is 11.7. The van der Waals surface area contributed by atoms with Crippen LogP contribution >= 0.6 is 0 Å². The highest BCUT2D eigenvalue weighted by atomic mass is 32.2. The molecule has 0 aliphatic rings. The van der Waals surface area contributed by atoms with Gasteiger partial charge in [0.15, 0.2) is 15.7 Å². The van der Waals surface area contributed by atoms with Crippen LogP contribution in [0.3, 0.4) is 0 Å². The first-order chi connectivity index (χ1) is 8.89. The standard InChI is InChI=1S/C12H16N4O2S/c1-9(12-15-13-8-16(12)2)14-10-6-4-5-7-11(10)19(3,17)18/h4-9,14H,1-3H3. The number of rotatable bonds is 4. The molecule has 7 heteroatoms. The number of benzene rings is 1. The van der Waals surface area contributed by atoms with Gasteiger partial charge in [0, 0.05) is 13.3 Å². The summed E-state index contributed by atoms with van der Waals surface area (Å²) >= 11 is 0. The molecule has 1 aromatic heterocycles. The van der Waals surface area contributed by atoms with Gasteiger partial charge in [-0.15, -0.1) is 10.2 Å². The maximum Gasteiger partial charge on any atom is 0.177 e. The molecule has 0 saturated carbocycles. The molecule has 1 aromatic carbocycles. The number of aromatic nitrogens is 3. The van der Waals surface area contributed by atoms with E-state index in [1.165, 1.54) is 6.26 Å². The number of para-hydroxylation sites is 1. The summed E-state index contributed by atoms with van der Waals surface area (Å²) in [7, 11) is -1.42. The molecule has 0 amide bonds. The molecule has 1 atom stereocenters. The van der Waals surface area contributed by atoms with Crippen LogP contribution in [-0.4, -0.2) is 29.4 Å². The first kappa shape index (κ1) is 13.5. The molecule has 1 N–H and O–H groups in total. The highest BCUT2D eigenvalue weighted by Gasteiger charge is 2.16. The molecule has 0 saturated heterocycles. The van der Waals surface area contributed by atoms with Crippen molar-refractivity contribution in [2.45, 2.75) is 17.9 Å². The number of hydrogen-bond acceptors (Lipinski definition) is 5. The van der Waals surface area contributed by atoms with Crippen molar-refractivity contribution >= 4 is 15.5 Å². The topological polar surface area (TPSA) is 76.9 Å². The van der Waals surface area contributed by atoms with Gasteiger partial charge in [0.05, 0.1) is 16.6 Å². The van der Waals surface area contributed by atoms with Crippen LogP contribution in [0.2, 0.25) is 0 Å². The molecule has 1 heterocycles. The Bertz CT molecular complexity index is 679. The zero-order valence-electron chi connectivity index (χ0n) is 11.0. The average molecular weight is 280 g/mol. The van der Waals surface area contributed by atoms with Crippen LogP contribution in [0.4, 0.5) is 5.69 Å². The number of hydrogen-bond donors (Lipinski definition) is 1. The Hall–Kier alpha value is -1.89. The van der Waals surface area contributed by atoms with Gasteiger partial charge in [0.2, 0.25) is 0 Å². The minimum atomic E-state index is -3.26. The predicted octanol–water partition coefficient (Wildman–Crippen LogP) is 1.39. The predicted molar refractivity (Wildman–Crippen MR) is 72.6 cm³/mol. The third kappa shape index (κ3) is 2.93. The van der Waals surface area contributed by atoms with E-state index in [-0.39, 0.29) is 10.9 Å². The van der Waals surface area contributed by atoms with Crippen LogP contribution < -0.4 is 5.32 Å². The van der Waals surface area contributed by atoms with Crippen LogP contribution in [0, 0.1) is 0 Å². The van der Waals surface area contributed by atoms with Gasteiger partial charge < -0.3 is 9.88 Å². The van der Waals surface area contributed by atoms with Gasteiger partial charge in [-0.1, -0.05) is 12.1 Å². The maximum absolute atomic E-state index is 11.7. The molecular weight excluding hydrogens is 264 g/mol. The van der Waals surface area contributed by atoms with E-state index in [0.29, 0.717) is 5.69 Å². The lowest BCUT2D eigenvalue weighted by Gasteiger charge is -2.16. The molecule has 0 spiro atoms. The molecule has 6 nitrogen and oxygen atoms in total. The molecule has 0 fully saturated rings. The van der Waals surface area contributed by atoms with Crippen molar-refractivity contribution in [1.29, 1.82) is 0 Å². The SMILES string of the molecule is CC(Nc1ccccc1S(C)(=O)=O)c1nncn1C. The Morgan fingerprint density at radius 2 is 2.00 bits per heavy atom. The molecule has 0 aliphatic heterocycles. The summed E-state index contributed by atoms with van der Waals surface area (Å²) in [4.78, 5) is 0.281. The summed E-state index contributed by atoms with van der Waals surface area (Å²) in [6.45, 7) is 1.91. The number of anilines is 1. The molecule has 0 aliphatic carbocycles. The van der Waals surface area contributed by atoms with Gasteiger partial charge in [-0.05, 0) is 19.1 Å². The highest BCUT2D eigenvalue weighted by Crippen LogP contribution is 2.24. The molecule has 0 bridgehead atoms. The van der Waals surface area contributed by atoms with Crippen molar-refractivity contribution in [2.75, 3.05) is 11.6 Å². The lowest BCUT2D eigenvalue weighted by molar-refractivity contribution is 0.602. The second-order valence-electron chi connectivity index (χ2n) is 4.43. The molecule has 2 aromatic rings. The third-order valence-corrected chi connectivity index (χ3v) is 3.95. The van der Waals surface area contributed by atoms with E-state index in [2.05, 4.69) is 15.5 Å². The zero-order valence-corrected chi connectivity index (χ0v) is 11.8. The monoisotopic (exact) mass is 280 g/mol. The van der Waals surface area contributed by atoms with Gasteiger partial charge in [0.1, 0.15) is 6.33 Å². The van der Waals surface area contributed by atoms with Crippen molar-refractivity contribution in [3.8, 4) is 0 Å². The normalized spacial score (nSPS) is 13.2. The summed E-state index contributed by atoms with van der Waals surface area (Å²) in [5.74, 6) is 0.739. The first-order valence-corrected chi connectivity index (χ1v) is 7.68. The van der Waals surface area contributed by atoms with Crippen LogP contribution in [0.5, 0.6) is 0 Å². The van der Waals surface area contributed by atoms with Crippen LogP contribution in [-0.2, 0) is 16.9 Å². The Kier molecular flexibility index (Phi) is 3.57. The average Bonchev–Trinajstić information content (AvgIpc) is 2.75. The van der Waals surface area contributed by atoms with E-state index in [1.807, 2.05) is 14.0 Å². The van der Waals surface area contributed by atoms with Crippen molar-refractivity contribution in [1.82, 2.24) is 14.8 Å². The number of nitrogens with one attached hydrogen (secondary N) is 1. The third-order valence-electron chi connectivity index (χ3n) is 2.79. The summed E-state index contributed by atoms with van der Waals surface area (Å²) in [5, 5.41) is 11.0. The van der Waals surface area contributed by atoms with E-state index in [4.69, 9.17) is 0 Å². The number of aryl methyl sites for hydroxylation is 1. The second-order valence-corrected chi connectivity index (χ2v) is 6.42. The quantitative estimate of drug-likeness (QED) is 0.916. The number of nitrogens with zero attached hydrogens (tertiary/aromatic N) is 3. The summed E-state index contributed by atoms with van der Waals surface area (Å²) < 4.78 is 25.2. The summed E-state index contributed by atoms with van der Waals surface area (Å²) in [5.41, 5.74) is 0.570. The van der Waals surface area contributed by atoms with E-state index in [9.17, 15) is 8.42 Å². The van der Waals surface area contributed by atoms with Crippen LogP contribution in [0.25, 0.3) is 0 Å². The zero-order chi connectivity index (χ0) is 14.0. The van der Waals surface area contributed by atoms with Crippen molar-refractivity contribution in [3.63, 3.8) is 0 Å². The van der Waals surface area contributed by atoms with Crippen LogP contribution in [0.15, 0.2) is 35.5 Å². The van der Waals surface area contributed by atoms with Gasteiger partial charge in [-0.2, -0.15) is 0 Å². The van der Waals surface area contributed by atoms with E-state index >= 15 is 0 Å². The Labute approximate surface area is 112 Å². The van der Waals surface area contributed by atoms with Crippen molar-refractivity contribution < 1.29 is 8.42 Å². The lowest BCUT2D eigenvalue weighted by atomic mass is 10.2. The van der Waals surface area contributed by atoms with Gasteiger partial charge in [0.25, 0.3) is 0 Å². The minimum absolute atomic E-state index is 0.143. The highest BCUT2D eigenvalue weighted by molar-refractivity contribution is 7.90. The fourth-order valence-electron chi connectivity index (χ4n) is 1.89. The molecule has 102 valence electrons. The fraction of sp³-hybridized carbons (Fsp3) is 0.333. The van der Waals surface area contributed by atoms with Crippen molar-refractivity contribution in [3.05, 3.63) is 36.4 Å². The van der Waals surface area contributed by atoms with Gasteiger partial charge in [-0.3, -0.25) is 0 Å². The smallest absolute Gasteiger partial charge is 0.177 e. The van der Waals surface area contributed by atoms with E-state index in [0.717, 1.165) is 5.82 Å². The Balaban J connectivity index is 2.32. The molecule has 2 rings (SSSR count). The molecule has 1 unspecified atom stereocenters. The summed E-state index contributed by atoms with van der Waals surface area (Å²) in [6, 6.07) is 6.68. The molecule has 0 radical (unpaired) electrons. The van der Waals surface area contributed by atoms with E-state index < -0.39 is 9.84 Å². The fourth-order valence-corrected chi connectivity index (χ4v) is 2.74. The largest absolute Gasteiger partial charge is 0.374 e. The van der Waals surface area contributed by atoms with Gasteiger partial charge >= 0.3 is 0 Å². The summed E-state index contributed by atoms with van der Waals surface area (Å²) in [6.07, 6.45) is 2.80.